The quantitative estimate of drug-likeness (QED) is 0.703. The summed E-state index contributed by atoms with van der Waals surface area (Å²) >= 11 is 0. The highest BCUT2D eigenvalue weighted by atomic mass is 19.1. The number of nitrogens with zero attached hydrogens (tertiary/aromatic N) is 1. The van der Waals surface area contributed by atoms with E-state index in [-0.39, 0.29) is 22.2 Å². The molecule has 0 radical (unpaired) electrons. The first-order valence-electron chi connectivity index (χ1n) is 5.01. The lowest BCUT2D eigenvalue weighted by Crippen LogP contribution is -2.33. The van der Waals surface area contributed by atoms with Crippen LogP contribution in [0.25, 0.3) is 10.9 Å². The van der Waals surface area contributed by atoms with Crippen molar-refractivity contribution in [3.8, 4) is 0 Å². The molecule has 0 saturated carbocycles. The second-order valence-corrected chi connectivity index (χ2v) is 3.76. The summed E-state index contributed by atoms with van der Waals surface area (Å²) in [4.78, 5) is 26.2. The van der Waals surface area contributed by atoms with Gasteiger partial charge in [0.25, 0.3) is 5.91 Å². The average molecular weight is 247 g/mol. The number of nitrogens with one attached hydrogen (secondary N) is 2. The summed E-state index contributed by atoms with van der Waals surface area (Å²) in [6.45, 7) is 0. The molecular formula is C11H6FN3O3. The van der Waals surface area contributed by atoms with E-state index in [0.29, 0.717) is 5.69 Å². The van der Waals surface area contributed by atoms with Crippen LogP contribution in [0.4, 0.5) is 10.1 Å². The Kier molecular flexibility index (Phi) is 1.97. The van der Waals surface area contributed by atoms with Gasteiger partial charge in [-0.25, -0.2) is 14.2 Å². The van der Waals surface area contributed by atoms with Crippen LogP contribution in [-0.2, 0) is 0 Å². The van der Waals surface area contributed by atoms with Crippen molar-refractivity contribution in [2.24, 2.45) is 0 Å². The number of rotatable bonds is 1. The molecule has 0 fully saturated rings. The van der Waals surface area contributed by atoms with Gasteiger partial charge in [-0.05, 0) is 18.2 Å². The Balaban J connectivity index is 2.47. The molecule has 1 aromatic carbocycles. The van der Waals surface area contributed by atoms with Gasteiger partial charge in [-0.15, -0.1) is 0 Å². The van der Waals surface area contributed by atoms with Gasteiger partial charge in [0.1, 0.15) is 11.3 Å². The lowest BCUT2D eigenvalue weighted by Gasteiger charge is -2.19. The lowest BCUT2D eigenvalue weighted by molar-refractivity contribution is 0.0691. The van der Waals surface area contributed by atoms with Gasteiger partial charge in [-0.2, -0.15) is 0 Å². The highest BCUT2D eigenvalue weighted by Gasteiger charge is 2.23. The van der Waals surface area contributed by atoms with Crippen LogP contribution in [0.3, 0.4) is 0 Å². The maximum atomic E-state index is 13.7. The molecule has 0 aliphatic carbocycles. The molecule has 7 heteroatoms. The zero-order valence-electron chi connectivity index (χ0n) is 8.82. The number of hydrogen-bond acceptors (Lipinski definition) is 4. The Hall–Kier alpha value is -2.70. The number of carbonyl (C=O) groups is 2. The molecular weight excluding hydrogens is 241 g/mol. The Morgan fingerprint density at radius 3 is 2.83 bits per heavy atom. The van der Waals surface area contributed by atoms with Crippen LogP contribution in [-0.4, -0.2) is 22.0 Å². The SMILES string of the molecule is O=C(O)c1cc2c3c(ccc(F)c3n1)C(=O)NN2. The fourth-order valence-corrected chi connectivity index (χ4v) is 1.90. The minimum atomic E-state index is -1.27. The van der Waals surface area contributed by atoms with Crippen LogP contribution in [0.1, 0.15) is 20.8 Å². The van der Waals surface area contributed by atoms with Crippen LogP contribution >= 0.6 is 0 Å². The smallest absolute Gasteiger partial charge is 0.354 e. The number of carboxylic acids is 1. The lowest BCUT2D eigenvalue weighted by atomic mass is 10.0. The molecule has 1 aliphatic heterocycles. The monoisotopic (exact) mass is 247 g/mol. The van der Waals surface area contributed by atoms with E-state index in [1.54, 1.807) is 0 Å². The van der Waals surface area contributed by atoms with Crippen molar-refractivity contribution < 1.29 is 19.1 Å². The van der Waals surface area contributed by atoms with Crippen molar-refractivity contribution in [3.63, 3.8) is 0 Å². The van der Waals surface area contributed by atoms with E-state index in [4.69, 9.17) is 5.11 Å². The van der Waals surface area contributed by atoms with Crippen molar-refractivity contribution in [2.45, 2.75) is 0 Å². The van der Waals surface area contributed by atoms with E-state index in [2.05, 4.69) is 15.8 Å². The van der Waals surface area contributed by atoms with E-state index >= 15 is 0 Å². The number of halogens is 1. The van der Waals surface area contributed by atoms with E-state index < -0.39 is 17.7 Å². The highest BCUT2D eigenvalue weighted by Crippen LogP contribution is 2.30. The molecule has 1 amide bonds. The molecule has 2 aromatic rings. The number of carbonyl (C=O) groups excluding carboxylic acids is 1. The largest absolute Gasteiger partial charge is 0.477 e. The van der Waals surface area contributed by atoms with Gasteiger partial charge >= 0.3 is 5.97 Å². The maximum Gasteiger partial charge on any atom is 0.354 e. The number of aromatic nitrogens is 1. The van der Waals surface area contributed by atoms with Gasteiger partial charge in [0.05, 0.1) is 11.3 Å². The second-order valence-electron chi connectivity index (χ2n) is 3.76. The Morgan fingerprint density at radius 1 is 1.33 bits per heavy atom. The maximum absolute atomic E-state index is 13.7. The molecule has 2 heterocycles. The average Bonchev–Trinajstić information content (AvgIpc) is 2.35. The number of hydrogen-bond donors (Lipinski definition) is 3. The van der Waals surface area contributed by atoms with E-state index in [0.717, 1.165) is 6.07 Å². The predicted molar refractivity (Wildman–Crippen MR) is 59.7 cm³/mol. The molecule has 0 saturated heterocycles. The first-order chi connectivity index (χ1) is 8.58. The van der Waals surface area contributed by atoms with E-state index in [1.165, 1.54) is 12.1 Å². The number of hydrazine groups is 1. The zero-order chi connectivity index (χ0) is 12.9. The number of anilines is 1. The van der Waals surface area contributed by atoms with Crippen molar-refractivity contribution >= 4 is 28.5 Å². The molecule has 0 unspecified atom stereocenters. The first-order valence-corrected chi connectivity index (χ1v) is 5.01. The van der Waals surface area contributed by atoms with Gasteiger partial charge in [-0.1, -0.05) is 0 Å². The molecule has 90 valence electrons. The Labute approximate surface area is 99.4 Å². The third-order valence-electron chi connectivity index (χ3n) is 2.69. The number of carboxylic acid groups (broad SMARTS) is 1. The van der Waals surface area contributed by atoms with Crippen LogP contribution in [0.15, 0.2) is 18.2 Å². The van der Waals surface area contributed by atoms with E-state index in [9.17, 15) is 14.0 Å². The highest BCUT2D eigenvalue weighted by molar-refractivity contribution is 6.14. The molecule has 3 N–H and O–H groups in total. The fraction of sp³-hybridized carbons (Fsp3) is 0. The molecule has 1 aromatic heterocycles. The molecule has 3 rings (SSSR count). The van der Waals surface area contributed by atoms with Gasteiger partial charge in [0.2, 0.25) is 0 Å². The summed E-state index contributed by atoms with van der Waals surface area (Å²) in [6, 6.07) is 3.66. The fourth-order valence-electron chi connectivity index (χ4n) is 1.90. The molecule has 18 heavy (non-hydrogen) atoms. The van der Waals surface area contributed by atoms with Crippen molar-refractivity contribution in [1.82, 2.24) is 10.4 Å². The van der Waals surface area contributed by atoms with Crippen molar-refractivity contribution in [2.75, 3.05) is 5.43 Å². The van der Waals surface area contributed by atoms with Crippen LogP contribution in [0.5, 0.6) is 0 Å². The summed E-state index contributed by atoms with van der Waals surface area (Å²) in [7, 11) is 0. The topological polar surface area (TPSA) is 91.3 Å². The Bertz CT molecular complexity index is 714. The van der Waals surface area contributed by atoms with Crippen LogP contribution < -0.4 is 10.9 Å². The van der Waals surface area contributed by atoms with Gasteiger partial charge < -0.3 is 5.11 Å². The molecule has 0 spiro atoms. The minimum Gasteiger partial charge on any atom is -0.477 e. The summed E-state index contributed by atoms with van der Waals surface area (Å²) in [5.41, 5.74) is 5.02. The van der Waals surface area contributed by atoms with Gasteiger partial charge in [0.15, 0.2) is 5.69 Å². The van der Waals surface area contributed by atoms with Crippen molar-refractivity contribution in [1.29, 1.82) is 0 Å². The Morgan fingerprint density at radius 2 is 2.11 bits per heavy atom. The number of aromatic carboxylic acids is 1. The van der Waals surface area contributed by atoms with E-state index in [1.807, 2.05) is 0 Å². The normalized spacial score (nSPS) is 13.1. The predicted octanol–water partition coefficient (Wildman–Crippen LogP) is 1.14. The second kappa shape index (κ2) is 3.39. The number of benzene rings is 1. The molecule has 0 bridgehead atoms. The molecule has 0 atom stereocenters. The minimum absolute atomic E-state index is 0.134. The van der Waals surface area contributed by atoms with Gasteiger partial charge in [0, 0.05) is 5.39 Å². The summed E-state index contributed by atoms with van der Waals surface area (Å²) in [5, 5.41) is 9.18. The third kappa shape index (κ3) is 1.30. The number of amides is 1. The van der Waals surface area contributed by atoms with Gasteiger partial charge in [-0.3, -0.25) is 15.6 Å². The number of pyridine rings is 1. The third-order valence-corrected chi connectivity index (χ3v) is 2.69. The zero-order valence-corrected chi connectivity index (χ0v) is 8.82. The van der Waals surface area contributed by atoms with Crippen molar-refractivity contribution in [3.05, 3.63) is 35.3 Å². The summed E-state index contributed by atoms with van der Waals surface area (Å²) in [6.07, 6.45) is 0. The molecule has 6 nitrogen and oxygen atoms in total. The standard InChI is InChI=1S/C11H6FN3O3/c12-5-2-1-4-8-6(14-15-10(4)16)3-7(11(17)18)13-9(5)8/h1-3,14H,(H,15,16)(H,17,18). The van der Waals surface area contributed by atoms with Crippen LogP contribution in [0.2, 0.25) is 0 Å². The first kappa shape index (κ1) is 10.5. The van der Waals surface area contributed by atoms with Crippen LogP contribution in [0, 0.1) is 5.82 Å². The molecule has 1 aliphatic rings. The summed E-state index contributed by atoms with van der Waals surface area (Å²) in [5.74, 6) is -2.36. The summed E-state index contributed by atoms with van der Waals surface area (Å²) < 4.78 is 13.7.